The zero-order valence-electron chi connectivity index (χ0n) is 12.7. The summed E-state index contributed by atoms with van der Waals surface area (Å²) < 4.78 is 31.9. The summed E-state index contributed by atoms with van der Waals surface area (Å²) in [5.41, 5.74) is 1.14. The Morgan fingerprint density at radius 3 is 2.42 bits per heavy atom. The number of ether oxygens (including phenoxy) is 1. The molecular weight excluding hydrogens is 359 g/mol. The van der Waals surface area contributed by atoms with Crippen molar-refractivity contribution >= 4 is 30.7 Å². The molecule has 0 saturated carbocycles. The maximum absolute atomic E-state index is 13.3. The molecule has 3 rings (SSSR count). The molecule has 130 valence electrons. The van der Waals surface area contributed by atoms with Gasteiger partial charge in [-0.25, -0.2) is 8.78 Å². The number of benzene rings is 2. The van der Waals surface area contributed by atoms with E-state index in [0.29, 0.717) is 30.8 Å². The Morgan fingerprint density at radius 1 is 1.04 bits per heavy atom. The van der Waals surface area contributed by atoms with Gasteiger partial charge in [0.1, 0.15) is 6.10 Å². The highest BCUT2D eigenvalue weighted by atomic mass is 35.5. The van der Waals surface area contributed by atoms with Crippen molar-refractivity contribution in [2.24, 2.45) is 0 Å². The zero-order chi connectivity index (χ0) is 15.5. The lowest BCUT2D eigenvalue weighted by atomic mass is 10.1. The van der Waals surface area contributed by atoms with Crippen LogP contribution in [0.2, 0.25) is 0 Å². The molecular formula is C17H17Cl2F2NO2. The maximum Gasteiger partial charge on any atom is 0.254 e. The Labute approximate surface area is 151 Å². The van der Waals surface area contributed by atoms with Crippen LogP contribution in [0.1, 0.15) is 22.0 Å². The molecule has 1 aliphatic rings. The van der Waals surface area contributed by atoms with Gasteiger partial charge in [0.25, 0.3) is 5.91 Å². The minimum atomic E-state index is -0.910. The second-order valence-corrected chi connectivity index (χ2v) is 5.15. The van der Waals surface area contributed by atoms with E-state index in [-0.39, 0.29) is 30.7 Å². The molecule has 0 aliphatic carbocycles. The van der Waals surface area contributed by atoms with Gasteiger partial charge < -0.3 is 9.64 Å². The van der Waals surface area contributed by atoms with Crippen molar-refractivity contribution in [1.29, 1.82) is 0 Å². The third-order valence-corrected chi connectivity index (χ3v) is 3.69. The standard InChI is InChI=1S/C17H15F2NO2.2ClH/c18-14-7-6-13(10-15(14)19)16-11-20(8-9-22-16)17(21)12-4-2-1-3-5-12;;/h1-7,10,16H,8-9,11H2;2*1H. The van der Waals surface area contributed by atoms with Crippen molar-refractivity contribution in [3.8, 4) is 0 Å². The fraction of sp³-hybridized carbons (Fsp3) is 0.235. The van der Waals surface area contributed by atoms with E-state index in [1.54, 1.807) is 29.2 Å². The molecule has 1 heterocycles. The molecule has 1 aliphatic heterocycles. The van der Waals surface area contributed by atoms with Crippen molar-refractivity contribution in [1.82, 2.24) is 4.90 Å². The molecule has 24 heavy (non-hydrogen) atoms. The smallest absolute Gasteiger partial charge is 0.254 e. The zero-order valence-corrected chi connectivity index (χ0v) is 14.3. The van der Waals surface area contributed by atoms with Gasteiger partial charge in [0, 0.05) is 12.1 Å². The van der Waals surface area contributed by atoms with Crippen LogP contribution in [0.15, 0.2) is 48.5 Å². The summed E-state index contributed by atoms with van der Waals surface area (Å²) >= 11 is 0. The number of amides is 1. The Bertz CT molecular complexity index is 686. The van der Waals surface area contributed by atoms with Gasteiger partial charge in [-0.1, -0.05) is 24.3 Å². The summed E-state index contributed by atoms with van der Waals surface area (Å²) in [5.74, 6) is -1.89. The molecule has 1 fully saturated rings. The van der Waals surface area contributed by atoms with Crippen LogP contribution in [-0.2, 0) is 4.74 Å². The van der Waals surface area contributed by atoms with Gasteiger partial charge in [-0.2, -0.15) is 0 Å². The lowest BCUT2D eigenvalue weighted by molar-refractivity contribution is -0.0229. The third-order valence-electron chi connectivity index (χ3n) is 3.69. The largest absolute Gasteiger partial charge is 0.370 e. The van der Waals surface area contributed by atoms with E-state index >= 15 is 0 Å². The normalized spacial score (nSPS) is 16.8. The van der Waals surface area contributed by atoms with Crippen LogP contribution in [0.4, 0.5) is 8.78 Å². The number of carbonyl (C=O) groups is 1. The van der Waals surface area contributed by atoms with E-state index in [1.165, 1.54) is 6.07 Å². The number of carbonyl (C=O) groups excluding carboxylic acids is 1. The van der Waals surface area contributed by atoms with E-state index in [1.807, 2.05) is 6.07 Å². The van der Waals surface area contributed by atoms with E-state index in [0.717, 1.165) is 12.1 Å². The third kappa shape index (κ3) is 4.44. The molecule has 0 radical (unpaired) electrons. The van der Waals surface area contributed by atoms with Crippen molar-refractivity contribution in [2.75, 3.05) is 19.7 Å². The molecule has 1 amide bonds. The van der Waals surface area contributed by atoms with Gasteiger partial charge in [0.2, 0.25) is 0 Å². The minimum Gasteiger partial charge on any atom is -0.370 e. The lowest BCUT2D eigenvalue weighted by Gasteiger charge is -2.33. The van der Waals surface area contributed by atoms with Crippen LogP contribution >= 0.6 is 24.8 Å². The average molecular weight is 376 g/mol. The average Bonchev–Trinajstić information content (AvgIpc) is 2.57. The van der Waals surface area contributed by atoms with E-state index in [2.05, 4.69) is 0 Å². The van der Waals surface area contributed by atoms with E-state index in [4.69, 9.17) is 4.74 Å². The number of hydrogen-bond acceptors (Lipinski definition) is 2. The molecule has 7 heteroatoms. The van der Waals surface area contributed by atoms with Crippen molar-refractivity contribution in [3.05, 3.63) is 71.3 Å². The van der Waals surface area contributed by atoms with Crippen LogP contribution in [-0.4, -0.2) is 30.5 Å². The molecule has 0 N–H and O–H groups in total. The lowest BCUT2D eigenvalue weighted by Crippen LogP contribution is -2.42. The number of rotatable bonds is 2. The molecule has 0 bridgehead atoms. The van der Waals surface area contributed by atoms with Gasteiger partial charge in [-0.15, -0.1) is 24.8 Å². The van der Waals surface area contributed by atoms with Crippen molar-refractivity contribution < 1.29 is 18.3 Å². The van der Waals surface area contributed by atoms with E-state index < -0.39 is 17.7 Å². The molecule has 3 nitrogen and oxygen atoms in total. The molecule has 2 aromatic carbocycles. The van der Waals surface area contributed by atoms with Crippen LogP contribution in [0.3, 0.4) is 0 Å². The summed E-state index contributed by atoms with van der Waals surface area (Å²) in [7, 11) is 0. The van der Waals surface area contributed by atoms with Crippen LogP contribution in [0.5, 0.6) is 0 Å². The maximum atomic E-state index is 13.3. The Morgan fingerprint density at radius 2 is 1.75 bits per heavy atom. The van der Waals surface area contributed by atoms with Crippen molar-refractivity contribution in [3.63, 3.8) is 0 Å². The number of morpholine rings is 1. The molecule has 1 saturated heterocycles. The second-order valence-electron chi connectivity index (χ2n) is 5.15. The second kappa shape index (κ2) is 8.97. The Kier molecular flexibility index (Phi) is 7.60. The SMILES string of the molecule is Cl.Cl.O=C(c1ccccc1)N1CCOC(c2ccc(F)c(F)c2)C1. The van der Waals surface area contributed by atoms with Crippen LogP contribution in [0, 0.1) is 11.6 Å². The van der Waals surface area contributed by atoms with Gasteiger partial charge in [0.15, 0.2) is 11.6 Å². The van der Waals surface area contributed by atoms with Crippen molar-refractivity contribution in [2.45, 2.75) is 6.10 Å². The summed E-state index contributed by atoms with van der Waals surface area (Å²) in [5, 5.41) is 0. The molecule has 1 unspecified atom stereocenters. The quantitative estimate of drug-likeness (QED) is 0.793. The van der Waals surface area contributed by atoms with E-state index in [9.17, 15) is 13.6 Å². The topological polar surface area (TPSA) is 29.5 Å². The molecule has 1 atom stereocenters. The predicted octanol–water partition coefficient (Wildman–Crippen LogP) is 4.02. The Balaban J connectivity index is 0.00000144. The highest BCUT2D eigenvalue weighted by molar-refractivity contribution is 5.94. The first-order valence-corrected chi connectivity index (χ1v) is 7.06. The fourth-order valence-electron chi connectivity index (χ4n) is 2.51. The van der Waals surface area contributed by atoms with Gasteiger partial charge >= 0.3 is 0 Å². The first-order chi connectivity index (χ1) is 10.6. The first kappa shape index (κ1) is 20.4. The van der Waals surface area contributed by atoms with Gasteiger partial charge in [-0.3, -0.25) is 4.79 Å². The summed E-state index contributed by atoms with van der Waals surface area (Å²) in [4.78, 5) is 14.1. The molecule has 0 spiro atoms. The summed E-state index contributed by atoms with van der Waals surface area (Å²) in [6.45, 7) is 1.16. The molecule has 0 aromatic heterocycles. The fourth-order valence-corrected chi connectivity index (χ4v) is 2.51. The molecule has 2 aromatic rings. The number of halogens is 4. The highest BCUT2D eigenvalue weighted by Crippen LogP contribution is 2.24. The Hall–Kier alpha value is -1.69. The minimum absolute atomic E-state index is 0. The van der Waals surface area contributed by atoms with Crippen LogP contribution < -0.4 is 0 Å². The predicted molar refractivity (Wildman–Crippen MR) is 91.9 cm³/mol. The number of hydrogen-bond donors (Lipinski definition) is 0. The first-order valence-electron chi connectivity index (χ1n) is 7.06. The number of nitrogens with zero attached hydrogens (tertiary/aromatic N) is 1. The van der Waals surface area contributed by atoms with Gasteiger partial charge in [-0.05, 0) is 29.8 Å². The van der Waals surface area contributed by atoms with Gasteiger partial charge in [0.05, 0.1) is 13.2 Å². The summed E-state index contributed by atoms with van der Waals surface area (Å²) in [6.07, 6.45) is -0.448. The highest BCUT2D eigenvalue weighted by Gasteiger charge is 2.26. The van der Waals surface area contributed by atoms with Crippen LogP contribution in [0.25, 0.3) is 0 Å². The summed E-state index contributed by atoms with van der Waals surface area (Å²) in [6, 6.07) is 12.7. The monoisotopic (exact) mass is 375 g/mol.